The van der Waals surface area contributed by atoms with Crippen molar-refractivity contribution >= 4 is 25.6 Å². The predicted molar refractivity (Wildman–Crippen MR) is 58.5 cm³/mol. The third-order valence-corrected chi connectivity index (χ3v) is 5.03. The van der Waals surface area contributed by atoms with Crippen LogP contribution in [0.15, 0.2) is 29.2 Å². The van der Waals surface area contributed by atoms with Gasteiger partial charge in [0.2, 0.25) is 8.87 Å². The molecule has 1 N–H and O–H groups in total. The minimum absolute atomic E-state index is 0.138. The predicted octanol–water partition coefficient (Wildman–Crippen LogP) is 1.50. The monoisotopic (exact) mass is 246 g/mol. The summed E-state index contributed by atoms with van der Waals surface area (Å²) in [4.78, 5) is 10.4. The summed E-state index contributed by atoms with van der Waals surface area (Å²) in [5, 5.41) is 8.38. The van der Waals surface area contributed by atoms with Gasteiger partial charge in [0.1, 0.15) is 5.75 Å². The van der Waals surface area contributed by atoms with E-state index in [9.17, 15) is 13.2 Å². The third-order valence-electron chi connectivity index (χ3n) is 1.65. The second-order valence-corrected chi connectivity index (χ2v) is 6.85. The molecule has 0 spiro atoms. The van der Waals surface area contributed by atoms with Crippen LogP contribution in [0.3, 0.4) is 0 Å². The molecular formula is C9H10O4S2. The van der Waals surface area contributed by atoms with E-state index in [1.54, 1.807) is 12.1 Å². The fraction of sp³-hybridized carbons (Fsp3) is 0.222. The van der Waals surface area contributed by atoms with E-state index in [4.69, 9.17) is 5.11 Å². The molecule has 0 saturated carbocycles. The normalized spacial score (nSPS) is 11.3. The SMILES string of the molecule is Cc1ccc(S(=O)(=O)SCC(=O)O)cc1. The van der Waals surface area contributed by atoms with Crippen LogP contribution in [0.5, 0.6) is 0 Å². The molecule has 0 aromatic heterocycles. The Morgan fingerprint density at radius 3 is 2.33 bits per heavy atom. The number of rotatable bonds is 4. The van der Waals surface area contributed by atoms with Crippen LogP contribution >= 0.6 is 10.8 Å². The van der Waals surface area contributed by atoms with Crippen LogP contribution < -0.4 is 0 Å². The molecule has 0 aliphatic carbocycles. The Kier molecular flexibility index (Phi) is 3.76. The summed E-state index contributed by atoms with van der Waals surface area (Å²) < 4.78 is 23.1. The van der Waals surface area contributed by atoms with Gasteiger partial charge in [-0.3, -0.25) is 4.79 Å². The van der Waals surface area contributed by atoms with Crippen LogP contribution in [0.25, 0.3) is 0 Å². The van der Waals surface area contributed by atoms with Crippen molar-refractivity contribution in [2.45, 2.75) is 11.8 Å². The lowest BCUT2D eigenvalue weighted by atomic mass is 10.2. The maximum atomic E-state index is 11.5. The highest BCUT2D eigenvalue weighted by molar-refractivity contribution is 8.72. The molecule has 15 heavy (non-hydrogen) atoms. The molecule has 0 atom stereocenters. The van der Waals surface area contributed by atoms with E-state index in [1.165, 1.54) is 12.1 Å². The van der Waals surface area contributed by atoms with Gasteiger partial charge in [-0.25, -0.2) is 8.42 Å². The first-order chi connectivity index (χ1) is 6.92. The van der Waals surface area contributed by atoms with Gasteiger partial charge in [0, 0.05) is 0 Å². The second-order valence-electron chi connectivity index (χ2n) is 2.92. The molecule has 1 rings (SSSR count). The van der Waals surface area contributed by atoms with E-state index in [-0.39, 0.29) is 4.90 Å². The van der Waals surface area contributed by atoms with Crippen LogP contribution in [0, 0.1) is 6.92 Å². The smallest absolute Gasteiger partial charge is 0.314 e. The van der Waals surface area contributed by atoms with Crippen LogP contribution in [-0.2, 0) is 13.7 Å². The van der Waals surface area contributed by atoms with Gasteiger partial charge in [0.05, 0.1) is 4.90 Å². The van der Waals surface area contributed by atoms with Gasteiger partial charge in [-0.05, 0) is 29.9 Å². The van der Waals surface area contributed by atoms with Crippen molar-refractivity contribution in [3.8, 4) is 0 Å². The van der Waals surface area contributed by atoms with E-state index in [1.807, 2.05) is 6.92 Å². The summed E-state index contributed by atoms with van der Waals surface area (Å²) in [5.41, 5.74) is 0.956. The van der Waals surface area contributed by atoms with Gasteiger partial charge in [0.25, 0.3) is 0 Å². The number of aryl methyl sites for hydroxylation is 1. The molecule has 1 aromatic carbocycles. The summed E-state index contributed by atoms with van der Waals surface area (Å²) in [7, 11) is -3.12. The Labute approximate surface area is 91.6 Å². The van der Waals surface area contributed by atoms with Crippen molar-refractivity contribution in [2.24, 2.45) is 0 Å². The molecule has 0 fully saturated rings. The fourth-order valence-corrected chi connectivity index (χ4v) is 3.27. The first-order valence-corrected chi connectivity index (χ1v) is 7.08. The molecule has 0 bridgehead atoms. The highest BCUT2D eigenvalue weighted by Crippen LogP contribution is 2.23. The maximum Gasteiger partial charge on any atom is 0.314 e. The molecule has 4 nitrogen and oxygen atoms in total. The number of carboxylic acid groups (broad SMARTS) is 1. The zero-order valence-electron chi connectivity index (χ0n) is 8.00. The molecule has 0 amide bonds. The standard InChI is InChI=1S/C9H10O4S2/c1-7-2-4-8(5-3-7)15(12,13)14-6-9(10)11/h2-5H,6H2,1H3,(H,10,11). The average molecular weight is 246 g/mol. The van der Waals surface area contributed by atoms with Gasteiger partial charge >= 0.3 is 5.97 Å². The minimum Gasteiger partial charge on any atom is -0.481 e. The minimum atomic E-state index is -3.54. The number of benzene rings is 1. The summed E-state index contributed by atoms with van der Waals surface area (Å²) in [6, 6.07) is 6.29. The Hall–Kier alpha value is -1.01. The van der Waals surface area contributed by atoms with Crippen LogP contribution in [-0.4, -0.2) is 25.2 Å². The second kappa shape index (κ2) is 4.67. The Bertz CT molecular complexity index is 448. The lowest BCUT2D eigenvalue weighted by molar-refractivity contribution is -0.133. The van der Waals surface area contributed by atoms with Crippen molar-refractivity contribution in [2.75, 3.05) is 5.75 Å². The molecule has 1 aromatic rings. The zero-order chi connectivity index (χ0) is 11.5. The molecule has 0 radical (unpaired) electrons. The molecule has 0 saturated heterocycles. The number of hydrogen-bond acceptors (Lipinski definition) is 4. The van der Waals surface area contributed by atoms with Crippen molar-refractivity contribution < 1.29 is 18.3 Å². The van der Waals surface area contributed by atoms with Gasteiger partial charge in [0.15, 0.2) is 0 Å². The highest BCUT2D eigenvalue weighted by Gasteiger charge is 2.16. The molecule has 0 unspecified atom stereocenters. The molecule has 0 aliphatic rings. The first-order valence-electron chi connectivity index (χ1n) is 4.10. The highest BCUT2D eigenvalue weighted by atomic mass is 33.1. The van der Waals surface area contributed by atoms with Gasteiger partial charge in [-0.1, -0.05) is 17.7 Å². The summed E-state index contributed by atoms with van der Waals surface area (Å²) >= 11 is 0. The van der Waals surface area contributed by atoms with E-state index < -0.39 is 20.6 Å². The van der Waals surface area contributed by atoms with Crippen molar-refractivity contribution in [3.05, 3.63) is 29.8 Å². The number of carboxylic acids is 1. The summed E-state index contributed by atoms with van der Waals surface area (Å²) in [5.74, 6) is -1.59. The topological polar surface area (TPSA) is 71.4 Å². The number of aliphatic carboxylic acids is 1. The molecule has 6 heteroatoms. The molecular weight excluding hydrogens is 236 g/mol. The fourth-order valence-electron chi connectivity index (χ4n) is 0.901. The third kappa shape index (κ3) is 3.56. The van der Waals surface area contributed by atoms with Crippen LogP contribution in [0.2, 0.25) is 0 Å². The Morgan fingerprint density at radius 1 is 1.33 bits per heavy atom. The molecule has 0 heterocycles. The quantitative estimate of drug-likeness (QED) is 0.815. The lowest BCUT2D eigenvalue weighted by Crippen LogP contribution is -2.03. The van der Waals surface area contributed by atoms with Crippen molar-refractivity contribution in [3.63, 3.8) is 0 Å². The van der Waals surface area contributed by atoms with Crippen molar-refractivity contribution in [1.29, 1.82) is 0 Å². The largest absolute Gasteiger partial charge is 0.481 e. The summed E-state index contributed by atoms with van der Waals surface area (Å²) in [6.07, 6.45) is 0. The van der Waals surface area contributed by atoms with Gasteiger partial charge in [-0.15, -0.1) is 0 Å². The van der Waals surface area contributed by atoms with Crippen LogP contribution in [0.4, 0.5) is 0 Å². The van der Waals surface area contributed by atoms with Gasteiger partial charge in [-0.2, -0.15) is 0 Å². The first kappa shape index (κ1) is 12.1. The molecule has 82 valence electrons. The summed E-state index contributed by atoms with van der Waals surface area (Å²) in [6.45, 7) is 1.85. The van der Waals surface area contributed by atoms with Crippen molar-refractivity contribution in [1.82, 2.24) is 0 Å². The van der Waals surface area contributed by atoms with Gasteiger partial charge < -0.3 is 5.11 Å². The average Bonchev–Trinajstić information content (AvgIpc) is 2.16. The van der Waals surface area contributed by atoms with E-state index in [0.717, 1.165) is 5.56 Å². The zero-order valence-corrected chi connectivity index (χ0v) is 9.64. The maximum absolute atomic E-state index is 11.5. The lowest BCUT2D eigenvalue weighted by Gasteiger charge is -2.01. The Morgan fingerprint density at radius 2 is 1.87 bits per heavy atom. The van der Waals surface area contributed by atoms with E-state index in [2.05, 4.69) is 0 Å². The van der Waals surface area contributed by atoms with E-state index >= 15 is 0 Å². The van der Waals surface area contributed by atoms with Crippen LogP contribution in [0.1, 0.15) is 5.56 Å². The Balaban J connectivity index is 2.87. The number of hydrogen-bond donors (Lipinski definition) is 1. The molecule has 0 aliphatic heterocycles. The number of carbonyl (C=O) groups is 1. The van der Waals surface area contributed by atoms with E-state index in [0.29, 0.717) is 10.8 Å².